The molecule has 0 bridgehead atoms. The summed E-state index contributed by atoms with van der Waals surface area (Å²) in [7, 11) is 3.22. The fourth-order valence-corrected chi connectivity index (χ4v) is 2.24. The Labute approximate surface area is 140 Å². The molecule has 0 saturated heterocycles. The first-order valence-corrected chi connectivity index (χ1v) is 7.49. The molecule has 0 aliphatic carbocycles. The largest absolute Gasteiger partial charge is 0.495 e. The number of nitrogen functional groups attached to an aromatic ring is 2. The lowest BCUT2D eigenvalue weighted by Crippen LogP contribution is -2.06. The molecule has 2 aromatic rings. The summed E-state index contributed by atoms with van der Waals surface area (Å²) in [6.45, 7) is 0. The van der Waals surface area contributed by atoms with Crippen molar-refractivity contribution in [3.63, 3.8) is 0 Å². The maximum atomic E-state index is 5.50. The van der Waals surface area contributed by atoms with Gasteiger partial charge in [-0.15, -0.1) is 0 Å². The number of nitrogens with one attached hydrogen (secondary N) is 1. The molecule has 0 saturated carbocycles. The van der Waals surface area contributed by atoms with Gasteiger partial charge in [-0.2, -0.15) is 0 Å². The summed E-state index contributed by atoms with van der Waals surface area (Å²) in [5.74, 6) is 6.73. The van der Waals surface area contributed by atoms with Crippen molar-refractivity contribution in [3.05, 3.63) is 45.3 Å². The summed E-state index contributed by atoms with van der Waals surface area (Å²) in [4.78, 5) is 0. The summed E-state index contributed by atoms with van der Waals surface area (Å²) < 4.78 is 11.9. The Morgan fingerprint density at radius 3 is 1.90 bits per heavy atom. The molecular formula is C14H17Br2N3O2. The Hall–Kier alpha value is -1.44. The molecule has 0 radical (unpaired) electrons. The van der Waals surface area contributed by atoms with E-state index in [0.717, 1.165) is 26.1 Å². The Kier molecular flexibility index (Phi) is 7.35. The molecule has 0 heterocycles. The van der Waals surface area contributed by atoms with Crippen LogP contribution in [0.2, 0.25) is 0 Å². The molecule has 0 atom stereocenters. The maximum Gasteiger partial charge on any atom is 0.135 e. The first kappa shape index (κ1) is 17.6. The van der Waals surface area contributed by atoms with Crippen molar-refractivity contribution in [2.75, 3.05) is 25.4 Å². The third kappa shape index (κ3) is 5.45. The number of anilines is 2. The zero-order valence-corrected chi connectivity index (χ0v) is 14.9. The van der Waals surface area contributed by atoms with Crippen molar-refractivity contribution >= 4 is 43.2 Å². The highest BCUT2D eigenvalue weighted by molar-refractivity contribution is 9.10. The SMILES string of the molecule is COc1cc(N)ccc1Br.COc1cc(NN)ccc1Br. The molecule has 0 aromatic heterocycles. The number of benzene rings is 2. The van der Waals surface area contributed by atoms with Gasteiger partial charge in [0.1, 0.15) is 11.5 Å². The Morgan fingerprint density at radius 1 is 0.905 bits per heavy atom. The van der Waals surface area contributed by atoms with Crippen molar-refractivity contribution in [2.24, 2.45) is 5.84 Å². The second-order valence-corrected chi connectivity index (χ2v) is 5.60. The monoisotopic (exact) mass is 417 g/mol. The van der Waals surface area contributed by atoms with Gasteiger partial charge in [0.15, 0.2) is 0 Å². The average molecular weight is 419 g/mol. The number of hydrogen-bond donors (Lipinski definition) is 3. The quantitative estimate of drug-likeness (QED) is 0.401. The van der Waals surface area contributed by atoms with Crippen LogP contribution in [-0.4, -0.2) is 14.2 Å². The van der Waals surface area contributed by atoms with Crippen LogP contribution in [0.15, 0.2) is 45.3 Å². The molecule has 0 aliphatic heterocycles. The minimum Gasteiger partial charge on any atom is -0.495 e. The van der Waals surface area contributed by atoms with E-state index in [1.54, 1.807) is 20.3 Å². The van der Waals surface area contributed by atoms with Crippen LogP contribution < -0.4 is 26.5 Å². The molecule has 2 aromatic carbocycles. The number of nitrogens with two attached hydrogens (primary N) is 2. The van der Waals surface area contributed by atoms with Crippen LogP contribution in [0.4, 0.5) is 11.4 Å². The molecule has 21 heavy (non-hydrogen) atoms. The zero-order chi connectivity index (χ0) is 15.8. The fourth-order valence-electron chi connectivity index (χ4n) is 1.43. The van der Waals surface area contributed by atoms with E-state index in [-0.39, 0.29) is 0 Å². The van der Waals surface area contributed by atoms with E-state index in [4.69, 9.17) is 21.1 Å². The first-order valence-electron chi connectivity index (χ1n) is 5.91. The van der Waals surface area contributed by atoms with Crippen molar-refractivity contribution in [3.8, 4) is 11.5 Å². The summed E-state index contributed by atoms with van der Waals surface area (Å²) in [5, 5.41) is 0. The van der Waals surface area contributed by atoms with E-state index in [9.17, 15) is 0 Å². The molecule has 2 rings (SSSR count). The van der Waals surface area contributed by atoms with Gasteiger partial charge in [0, 0.05) is 17.8 Å². The number of halogens is 2. The van der Waals surface area contributed by atoms with Gasteiger partial charge in [0.25, 0.3) is 0 Å². The van der Waals surface area contributed by atoms with E-state index in [1.165, 1.54) is 0 Å². The highest BCUT2D eigenvalue weighted by atomic mass is 79.9. The second-order valence-electron chi connectivity index (χ2n) is 3.89. The summed E-state index contributed by atoms with van der Waals surface area (Å²) >= 11 is 6.64. The Morgan fingerprint density at radius 2 is 1.43 bits per heavy atom. The molecular weight excluding hydrogens is 402 g/mol. The smallest absolute Gasteiger partial charge is 0.135 e. The number of ether oxygens (including phenoxy) is 2. The van der Waals surface area contributed by atoms with E-state index in [2.05, 4.69) is 37.3 Å². The molecule has 0 amide bonds. The van der Waals surface area contributed by atoms with Crippen LogP contribution in [0, 0.1) is 0 Å². The van der Waals surface area contributed by atoms with Gasteiger partial charge in [0.05, 0.1) is 28.9 Å². The molecule has 7 heteroatoms. The van der Waals surface area contributed by atoms with E-state index in [0.29, 0.717) is 5.69 Å². The minimum absolute atomic E-state index is 0.708. The van der Waals surface area contributed by atoms with Gasteiger partial charge in [-0.25, -0.2) is 0 Å². The second kappa shape index (κ2) is 8.76. The van der Waals surface area contributed by atoms with Crippen molar-refractivity contribution in [1.82, 2.24) is 0 Å². The minimum atomic E-state index is 0.708. The molecule has 5 N–H and O–H groups in total. The van der Waals surface area contributed by atoms with Gasteiger partial charge >= 0.3 is 0 Å². The summed E-state index contributed by atoms with van der Waals surface area (Å²) in [5.41, 5.74) is 9.56. The molecule has 0 spiro atoms. The molecule has 5 nitrogen and oxygen atoms in total. The van der Waals surface area contributed by atoms with Crippen LogP contribution >= 0.6 is 31.9 Å². The zero-order valence-electron chi connectivity index (χ0n) is 11.7. The number of hydrogen-bond acceptors (Lipinski definition) is 5. The molecule has 114 valence electrons. The van der Waals surface area contributed by atoms with Crippen LogP contribution in [0.25, 0.3) is 0 Å². The van der Waals surface area contributed by atoms with E-state index in [1.807, 2.05) is 30.3 Å². The van der Waals surface area contributed by atoms with Crippen LogP contribution in [0.3, 0.4) is 0 Å². The van der Waals surface area contributed by atoms with Gasteiger partial charge in [-0.3, -0.25) is 5.84 Å². The fraction of sp³-hybridized carbons (Fsp3) is 0.143. The third-order valence-corrected chi connectivity index (χ3v) is 3.80. The van der Waals surface area contributed by atoms with Crippen LogP contribution in [-0.2, 0) is 0 Å². The first-order chi connectivity index (χ1) is 10.0. The standard InChI is InChI=1S/C7H9BrN2O.C7H8BrNO/c1-11-7-4-5(10-9)2-3-6(7)8;1-10-7-4-5(9)2-3-6(7)8/h2-4,10H,9H2,1H3;2-4H,9H2,1H3. The lowest BCUT2D eigenvalue weighted by molar-refractivity contribution is 0.412. The topological polar surface area (TPSA) is 82.5 Å². The van der Waals surface area contributed by atoms with Crippen molar-refractivity contribution < 1.29 is 9.47 Å². The maximum absolute atomic E-state index is 5.50. The Balaban J connectivity index is 0.000000211. The predicted molar refractivity (Wildman–Crippen MR) is 93.6 cm³/mol. The van der Waals surface area contributed by atoms with Crippen molar-refractivity contribution in [2.45, 2.75) is 0 Å². The average Bonchev–Trinajstić information content (AvgIpc) is 2.51. The highest BCUT2D eigenvalue weighted by Gasteiger charge is 1.99. The van der Waals surface area contributed by atoms with Gasteiger partial charge in [-0.05, 0) is 56.1 Å². The van der Waals surface area contributed by atoms with Crippen molar-refractivity contribution in [1.29, 1.82) is 0 Å². The van der Waals surface area contributed by atoms with Gasteiger partial charge < -0.3 is 20.6 Å². The molecule has 0 unspecified atom stereocenters. The predicted octanol–water partition coefficient (Wildman–Crippen LogP) is 3.78. The third-order valence-electron chi connectivity index (χ3n) is 2.49. The van der Waals surface area contributed by atoms with E-state index >= 15 is 0 Å². The Bertz CT molecular complexity index is 594. The molecule has 0 fully saturated rings. The number of rotatable bonds is 3. The summed E-state index contributed by atoms with van der Waals surface area (Å²) in [6, 6.07) is 11.0. The normalized spacial score (nSPS) is 9.38. The number of methoxy groups -OCH3 is 2. The van der Waals surface area contributed by atoms with Gasteiger partial charge in [-0.1, -0.05) is 0 Å². The van der Waals surface area contributed by atoms with Gasteiger partial charge in [0.2, 0.25) is 0 Å². The molecule has 0 aliphatic rings. The highest BCUT2D eigenvalue weighted by Crippen LogP contribution is 2.27. The van der Waals surface area contributed by atoms with Crippen LogP contribution in [0.5, 0.6) is 11.5 Å². The lowest BCUT2D eigenvalue weighted by Gasteiger charge is -2.05. The van der Waals surface area contributed by atoms with E-state index < -0.39 is 0 Å². The summed E-state index contributed by atoms with van der Waals surface area (Å²) in [6.07, 6.45) is 0. The lowest BCUT2D eigenvalue weighted by atomic mass is 10.3. The van der Waals surface area contributed by atoms with Crippen LogP contribution in [0.1, 0.15) is 0 Å². The number of hydrazine groups is 1.